The number of ether oxygens (including phenoxy) is 1. The third kappa shape index (κ3) is 3.73. The van der Waals surface area contributed by atoms with Gasteiger partial charge in [-0.25, -0.2) is 0 Å². The second kappa shape index (κ2) is 6.88. The van der Waals surface area contributed by atoms with E-state index in [0.717, 1.165) is 18.5 Å². The van der Waals surface area contributed by atoms with Gasteiger partial charge in [-0.15, -0.1) is 0 Å². The van der Waals surface area contributed by atoms with Crippen molar-refractivity contribution >= 4 is 17.5 Å². The van der Waals surface area contributed by atoms with Gasteiger partial charge in [-0.2, -0.15) is 0 Å². The molecule has 1 atom stereocenters. The van der Waals surface area contributed by atoms with E-state index in [0.29, 0.717) is 23.2 Å². The molecule has 0 aromatic heterocycles. The molecule has 1 aliphatic heterocycles. The maximum absolute atomic E-state index is 12.4. The fourth-order valence-electron chi connectivity index (χ4n) is 3.13. The summed E-state index contributed by atoms with van der Waals surface area (Å²) in [5.41, 5.74) is 0.348. The molecule has 4 nitrogen and oxygen atoms in total. The number of likely N-dealkylation sites (tertiary alicyclic amines) is 1. The highest BCUT2D eigenvalue weighted by molar-refractivity contribution is 6.32. The minimum atomic E-state index is -0.537. The van der Waals surface area contributed by atoms with Gasteiger partial charge in [0.15, 0.2) is 0 Å². The number of hydrogen-bond acceptors (Lipinski definition) is 3. The number of benzene rings is 1. The molecule has 1 saturated heterocycles. The Morgan fingerprint density at radius 1 is 1.50 bits per heavy atom. The van der Waals surface area contributed by atoms with E-state index in [4.69, 9.17) is 16.3 Å². The van der Waals surface area contributed by atoms with Crippen LogP contribution in [0.25, 0.3) is 0 Å². The Kier molecular flexibility index (Phi) is 5.35. The number of carbonyl (C=O) groups is 1. The SMILES string of the molecule is COc1c(Cl)cccc1C(C)(C)NC(=O)C[C@H]1CCCN1C. The van der Waals surface area contributed by atoms with Crippen LogP contribution < -0.4 is 10.1 Å². The number of halogens is 1. The van der Waals surface area contributed by atoms with Gasteiger partial charge in [0.25, 0.3) is 0 Å². The zero-order valence-corrected chi connectivity index (χ0v) is 14.5. The summed E-state index contributed by atoms with van der Waals surface area (Å²) in [5, 5.41) is 3.67. The van der Waals surface area contributed by atoms with Crippen LogP contribution in [0.5, 0.6) is 5.75 Å². The summed E-state index contributed by atoms with van der Waals surface area (Å²) in [6, 6.07) is 5.94. The molecule has 0 radical (unpaired) electrons. The summed E-state index contributed by atoms with van der Waals surface area (Å²) in [6.45, 7) is 5.01. The molecular formula is C17H25ClN2O2. The average Bonchev–Trinajstić information content (AvgIpc) is 2.83. The molecule has 1 N–H and O–H groups in total. The topological polar surface area (TPSA) is 41.6 Å². The predicted molar refractivity (Wildman–Crippen MR) is 89.4 cm³/mol. The van der Waals surface area contributed by atoms with Gasteiger partial charge >= 0.3 is 0 Å². The van der Waals surface area contributed by atoms with Crippen molar-refractivity contribution in [3.05, 3.63) is 28.8 Å². The maximum atomic E-state index is 12.4. The van der Waals surface area contributed by atoms with Crippen molar-refractivity contribution in [2.24, 2.45) is 0 Å². The molecule has 0 unspecified atom stereocenters. The first-order chi connectivity index (χ1) is 10.3. The van der Waals surface area contributed by atoms with E-state index in [1.165, 1.54) is 6.42 Å². The number of rotatable bonds is 5. The second-order valence-corrected chi connectivity index (χ2v) is 6.88. The minimum absolute atomic E-state index is 0.0609. The van der Waals surface area contributed by atoms with Gasteiger partial charge in [-0.05, 0) is 46.3 Å². The van der Waals surface area contributed by atoms with E-state index in [1.54, 1.807) is 13.2 Å². The van der Waals surface area contributed by atoms with Crippen LogP contribution in [-0.2, 0) is 10.3 Å². The lowest BCUT2D eigenvalue weighted by molar-refractivity contribution is -0.123. The van der Waals surface area contributed by atoms with Crippen molar-refractivity contribution in [2.45, 2.75) is 44.7 Å². The van der Waals surface area contributed by atoms with Crippen LogP contribution in [0.15, 0.2) is 18.2 Å². The number of para-hydroxylation sites is 1. The van der Waals surface area contributed by atoms with Gasteiger partial charge in [-0.1, -0.05) is 23.7 Å². The summed E-state index contributed by atoms with van der Waals surface area (Å²) in [5.74, 6) is 0.679. The van der Waals surface area contributed by atoms with Crippen LogP contribution in [0.1, 0.15) is 38.7 Å². The van der Waals surface area contributed by atoms with Crippen LogP contribution >= 0.6 is 11.6 Å². The van der Waals surface area contributed by atoms with E-state index in [1.807, 2.05) is 26.0 Å². The van der Waals surface area contributed by atoms with E-state index >= 15 is 0 Å². The van der Waals surface area contributed by atoms with Gasteiger partial charge < -0.3 is 15.0 Å². The van der Waals surface area contributed by atoms with Crippen molar-refractivity contribution in [1.29, 1.82) is 0 Å². The van der Waals surface area contributed by atoms with E-state index < -0.39 is 5.54 Å². The zero-order valence-electron chi connectivity index (χ0n) is 13.8. The number of nitrogens with one attached hydrogen (secondary N) is 1. The molecular weight excluding hydrogens is 300 g/mol. The van der Waals surface area contributed by atoms with Crippen LogP contribution in [0.4, 0.5) is 0 Å². The largest absolute Gasteiger partial charge is 0.495 e. The lowest BCUT2D eigenvalue weighted by Gasteiger charge is -2.30. The molecule has 0 saturated carbocycles. The van der Waals surface area contributed by atoms with Crippen molar-refractivity contribution in [1.82, 2.24) is 10.2 Å². The average molecular weight is 325 g/mol. The normalized spacial score (nSPS) is 19.2. The molecule has 5 heteroatoms. The molecule has 0 aliphatic carbocycles. The van der Waals surface area contributed by atoms with Gasteiger partial charge in [-0.3, -0.25) is 4.79 Å². The molecule has 122 valence electrons. The van der Waals surface area contributed by atoms with Gasteiger partial charge in [0.1, 0.15) is 5.75 Å². The predicted octanol–water partition coefficient (Wildman–Crippen LogP) is 3.18. The van der Waals surface area contributed by atoms with E-state index in [9.17, 15) is 4.79 Å². The molecule has 2 rings (SSSR count). The Balaban J connectivity index is 2.10. The molecule has 1 aromatic rings. The summed E-state index contributed by atoms with van der Waals surface area (Å²) >= 11 is 6.18. The van der Waals surface area contributed by atoms with E-state index in [-0.39, 0.29) is 5.91 Å². The summed E-state index contributed by atoms with van der Waals surface area (Å²) in [7, 11) is 3.67. The Hall–Kier alpha value is -1.26. The highest BCUT2D eigenvalue weighted by Gasteiger charge is 2.30. The molecule has 1 heterocycles. The fraction of sp³-hybridized carbons (Fsp3) is 0.588. The number of amides is 1. The van der Waals surface area contributed by atoms with Crippen molar-refractivity contribution in [3.63, 3.8) is 0 Å². The number of hydrogen-bond donors (Lipinski definition) is 1. The monoisotopic (exact) mass is 324 g/mol. The maximum Gasteiger partial charge on any atom is 0.222 e. The molecule has 0 spiro atoms. The molecule has 22 heavy (non-hydrogen) atoms. The minimum Gasteiger partial charge on any atom is -0.495 e. The third-order valence-corrected chi connectivity index (χ3v) is 4.69. The number of carbonyl (C=O) groups excluding carboxylic acids is 1. The van der Waals surface area contributed by atoms with Gasteiger partial charge in [0.2, 0.25) is 5.91 Å². The Labute approximate surface area is 137 Å². The van der Waals surface area contributed by atoms with Crippen LogP contribution in [0, 0.1) is 0 Å². The lowest BCUT2D eigenvalue weighted by Crippen LogP contribution is -2.43. The summed E-state index contributed by atoms with van der Waals surface area (Å²) < 4.78 is 5.40. The molecule has 1 amide bonds. The van der Waals surface area contributed by atoms with Gasteiger partial charge in [0, 0.05) is 18.0 Å². The Morgan fingerprint density at radius 2 is 2.23 bits per heavy atom. The van der Waals surface area contributed by atoms with Crippen LogP contribution in [0.3, 0.4) is 0 Å². The highest BCUT2D eigenvalue weighted by Crippen LogP contribution is 2.35. The summed E-state index contributed by atoms with van der Waals surface area (Å²) in [6.07, 6.45) is 2.79. The molecule has 1 fully saturated rings. The van der Waals surface area contributed by atoms with Crippen molar-refractivity contribution in [3.8, 4) is 5.75 Å². The van der Waals surface area contributed by atoms with Crippen LogP contribution in [0.2, 0.25) is 5.02 Å². The second-order valence-electron chi connectivity index (χ2n) is 6.47. The standard InChI is InChI=1S/C17H25ClN2O2/c1-17(2,13-8-5-9-14(18)16(13)22-4)19-15(21)11-12-7-6-10-20(12)3/h5,8-9,12H,6-7,10-11H2,1-4H3,(H,19,21)/t12-/m1/s1. The van der Waals surface area contributed by atoms with Crippen LogP contribution in [-0.4, -0.2) is 37.6 Å². The first-order valence-electron chi connectivity index (χ1n) is 7.69. The lowest BCUT2D eigenvalue weighted by atomic mass is 9.92. The zero-order chi connectivity index (χ0) is 16.3. The fourth-order valence-corrected chi connectivity index (χ4v) is 3.38. The highest BCUT2D eigenvalue weighted by atomic mass is 35.5. The number of nitrogens with zero attached hydrogens (tertiary/aromatic N) is 1. The number of methoxy groups -OCH3 is 1. The van der Waals surface area contributed by atoms with E-state index in [2.05, 4.69) is 17.3 Å². The van der Waals surface area contributed by atoms with Crippen molar-refractivity contribution in [2.75, 3.05) is 20.7 Å². The Bertz CT molecular complexity index is 545. The first kappa shape index (κ1) is 17.1. The van der Waals surface area contributed by atoms with Gasteiger partial charge in [0.05, 0.1) is 17.7 Å². The van der Waals surface area contributed by atoms with Crippen molar-refractivity contribution < 1.29 is 9.53 Å². The molecule has 0 bridgehead atoms. The Morgan fingerprint density at radius 3 is 2.82 bits per heavy atom. The third-order valence-electron chi connectivity index (χ3n) is 4.39. The molecule has 1 aliphatic rings. The quantitative estimate of drug-likeness (QED) is 0.904. The molecule has 1 aromatic carbocycles. The summed E-state index contributed by atoms with van der Waals surface area (Å²) in [4.78, 5) is 14.7. The first-order valence-corrected chi connectivity index (χ1v) is 8.07. The smallest absolute Gasteiger partial charge is 0.222 e.